The third-order valence-electron chi connectivity index (χ3n) is 4.06. The Hall–Kier alpha value is -1.80. The van der Waals surface area contributed by atoms with Gasteiger partial charge in [-0.1, -0.05) is 35.9 Å². The molecule has 28 heavy (non-hydrogen) atoms. The molecule has 4 nitrogen and oxygen atoms in total. The van der Waals surface area contributed by atoms with E-state index in [2.05, 4.69) is 0 Å². The van der Waals surface area contributed by atoms with E-state index in [0.29, 0.717) is 23.8 Å². The van der Waals surface area contributed by atoms with Crippen molar-refractivity contribution < 1.29 is 62.2 Å². The van der Waals surface area contributed by atoms with Gasteiger partial charge in [-0.3, -0.25) is 4.79 Å². The zero-order chi connectivity index (χ0) is 19.8. The molecule has 0 radical (unpaired) electrons. The average molecular weight is 419 g/mol. The van der Waals surface area contributed by atoms with Crippen LogP contribution in [-0.4, -0.2) is 24.5 Å². The molecule has 0 saturated heterocycles. The molecule has 1 aliphatic heterocycles. The van der Waals surface area contributed by atoms with Crippen LogP contribution in [0.15, 0.2) is 42.0 Å². The van der Waals surface area contributed by atoms with Gasteiger partial charge in [0.25, 0.3) is 0 Å². The molecule has 0 spiro atoms. The van der Waals surface area contributed by atoms with Crippen LogP contribution in [0.25, 0.3) is 6.08 Å². The Morgan fingerprint density at radius 3 is 2.39 bits per heavy atom. The molecule has 0 N–H and O–H groups in total. The van der Waals surface area contributed by atoms with Crippen molar-refractivity contribution in [3.63, 3.8) is 0 Å². The van der Waals surface area contributed by atoms with Crippen LogP contribution in [0.4, 0.5) is 13.2 Å². The topological polar surface area (TPSA) is 66.4 Å². The van der Waals surface area contributed by atoms with Gasteiger partial charge in [0.1, 0.15) is 12.0 Å². The maximum Gasteiger partial charge on any atom is 1.00 e. The number of fused-ring (bicyclic) bond motifs is 1. The Morgan fingerprint density at radius 1 is 1.21 bits per heavy atom. The Labute approximate surface area is 185 Å². The van der Waals surface area contributed by atoms with Crippen LogP contribution in [0.2, 0.25) is 5.02 Å². The normalized spacial score (nSPS) is 15.6. The van der Waals surface area contributed by atoms with Gasteiger partial charge in [-0.2, -0.15) is 13.2 Å². The number of hydrogen-bond acceptors (Lipinski definition) is 4. The molecule has 2 aromatic rings. The molecule has 3 rings (SSSR count). The maximum absolute atomic E-state index is 13.1. The van der Waals surface area contributed by atoms with Crippen LogP contribution in [0, 0.1) is 0 Å². The van der Waals surface area contributed by atoms with Gasteiger partial charge < -0.3 is 14.6 Å². The van der Waals surface area contributed by atoms with E-state index in [0.717, 1.165) is 11.6 Å². The van der Waals surface area contributed by atoms with E-state index >= 15 is 0 Å². The molecule has 1 atom stereocenters. The minimum absolute atomic E-state index is 0. The van der Waals surface area contributed by atoms with E-state index in [4.69, 9.17) is 16.3 Å². The molecule has 0 aliphatic carbocycles. The van der Waals surface area contributed by atoms with Crippen LogP contribution in [0.5, 0.6) is 5.75 Å². The van der Waals surface area contributed by atoms with E-state index < -0.39 is 23.8 Å². The number of rotatable bonds is 4. The minimum Gasteiger partial charge on any atom is -0.545 e. The van der Waals surface area contributed by atoms with Gasteiger partial charge >= 0.3 is 35.7 Å². The van der Waals surface area contributed by atoms with Crippen molar-refractivity contribution in [2.45, 2.75) is 18.7 Å². The van der Waals surface area contributed by atoms with Gasteiger partial charge in [-0.05, 0) is 35.8 Å². The SMILES string of the molecule is O=Cc1ccc(Cc2cc3c(cc2Cl)C=C(C(=O)[O-])C(C(F)(F)F)O3)cc1.[Na+]. The van der Waals surface area contributed by atoms with Crippen molar-refractivity contribution in [1.29, 1.82) is 0 Å². The van der Waals surface area contributed by atoms with Gasteiger partial charge in [0.05, 0.1) is 5.97 Å². The molecular weight excluding hydrogens is 408 g/mol. The predicted molar refractivity (Wildman–Crippen MR) is 89.5 cm³/mol. The Kier molecular flexibility index (Phi) is 6.98. The van der Waals surface area contributed by atoms with E-state index in [1.807, 2.05) is 0 Å². The Bertz CT molecular complexity index is 939. The van der Waals surface area contributed by atoms with E-state index in [9.17, 15) is 27.9 Å². The number of carboxylic acid groups (broad SMARTS) is 1. The number of carbonyl (C=O) groups is 2. The summed E-state index contributed by atoms with van der Waals surface area (Å²) in [7, 11) is 0. The summed E-state index contributed by atoms with van der Waals surface area (Å²) in [5.41, 5.74) is 0.895. The molecule has 0 bridgehead atoms. The maximum atomic E-state index is 13.1. The summed E-state index contributed by atoms with van der Waals surface area (Å²) in [5.74, 6) is -2.08. The summed E-state index contributed by atoms with van der Waals surface area (Å²) < 4.78 is 44.3. The Morgan fingerprint density at radius 2 is 1.86 bits per heavy atom. The number of benzene rings is 2. The average Bonchev–Trinajstić information content (AvgIpc) is 2.61. The molecule has 9 heteroatoms. The molecule has 0 amide bonds. The molecule has 0 aromatic heterocycles. The third-order valence-corrected chi connectivity index (χ3v) is 4.41. The van der Waals surface area contributed by atoms with Gasteiger partial charge in [0.15, 0.2) is 0 Å². The van der Waals surface area contributed by atoms with E-state index in [-0.39, 0.29) is 45.9 Å². The van der Waals surface area contributed by atoms with Crippen molar-refractivity contribution in [3.05, 3.63) is 69.2 Å². The number of carboxylic acids is 1. The summed E-state index contributed by atoms with van der Waals surface area (Å²) in [6.07, 6.45) is -5.67. The van der Waals surface area contributed by atoms with Crippen molar-refractivity contribution in [3.8, 4) is 5.75 Å². The first kappa shape index (κ1) is 22.5. The first-order valence-electron chi connectivity index (χ1n) is 7.72. The van der Waals surface area contributed by atoms with E-state index in [1.54, 1.807) is 24.3 Å². The van der Waals surface area contributed by atoms with Gasteiger partial charge in [-0.15, -0.1) is 0 Å². The quantitative estimate of drug-likeness (QED) is 0.526. The standard InChI is InChI=1S/C19H12ClF3O4.Na/c20-15-7-13-6-14(18(25)26)17(19(21,22)23)27-16(13)8-12(15)5-10-1-3-11(9-24)4-2-10;/h1-4,6-9,17H,5H2,(H,25,26);/q;+1/p-1. The van der Waals surface area contributed by atoms with Crippen molar-refractivity contribution in [1.82, 2.24) is 0 Å². The molecule has 1 aliphatic rings. The van der Waals surface area contributed by atoms with Crippen LogP contribution in [-0.2, 0) is 11.2 Å². The van der Waals surface area contributed by atoms with Crippen LogP contribution in [0.3, 0.4) is 0 Å². The number of aldehydes is 1. The fraction of sp³-hybridized carbons (Fsp3) is 0.158. The number of halogens is 4. The largest absolute Gasteiger partial charge is 1.00 e. The van der Waals surface area contributed by atoms with Gasteiger partial charge in [-0.25, -0.2) is 0 Å². The Balaban J connectivity index is 0.00000280. The number of hydrogen-bond donors (Lipinski definition) is 0. The summed E-state index contributed by atoms with van der Waals surface area (Å²) in [5, 5.41) is 11.3. The zero-order valence-electron chi connectivity index (χ0n) is 14.5. The fourth-order valence-electron chi connectivity index (χ4n) is 2.74. The number of ether oxygens (including phenoxy) is 1. The van der Waals surface area contributed by atoms with Crippen LogP contribution in [0.1, 0.15) is 27.0 Å². The van der Waals surface area contributed by atoms with Crippen molar-refractivity contribution in [2.75, 3.05) is 0 Å². The number of alkyl halides is 3. The summed E-state index contributed by atoms with van der Waals surface area (Å²) in [4.78, 5) is 21.7. The molecule has 0 saturated carbocycles. The van der Waals surface area contributed by atoms with E-state index in [1.165, 1.54) is 12.1 Å². The van der Waals surface area contributed by atoms with Crippen molar-refractivity contribution >= 4 is 29.9 Å². The monoisotopic (exact) mass is 418 g/mol. The number of aliphatic carboxylic acids is 1. The van der Waals surface area contributed by atoms with Gasteiger partial charge in [0, 0.05) is 21.7 Å². The van der Waals surface area contributed by atoms with Gasteiger partial charge in [0.2, 0.25) is 6.10 Å². The summed E-state index contributed by atoms with van der Waals surface area (Å²) in [6, 6.07) is 9.33. The number of carbonyl (C=O) groups excluding carboxylic acids is 2. The van der Waals surface area contributed by atoms with Crippen LogP contribution < -0.4 is 39.4 Å². The second kappa shape index (κ2) is 8.69. The second-order valence-electron chi connectivity index (χ2n) is 5.94. The molecule has 140 valence electrons. The van der Waals surface area contributed by atoms with Crippen LogP contribution >= 0.6 is 11.6 Å². The fourth-order valence-corrected chi connectivity index (χ4v) is 2.98. The predicted octanol–water partition coefficient (Wildman–Crippen LogP) is 0.204. The molecule has 0 fully saturated rings. The molecule has 1 unspecified atom stereocenters. The minimum atomic E-state index is -4.91. The third kappa shape index (κ3) is 4.78. The smallest absolute Gasteiger partial charge is 0.545 e. The summed E-state index contributed by atoms with van der Waals surface area (Å²) >= 11 is 6.20. The second-order valence-corrected chi connectivity index (χ2v) is 6.35. The summed E-state index contributed by atoms with van der Waals surface area (Å²) in [6.45, 7) is 0. The molecule has 2 aromatic carbocycles. The molecule has 1 heterocycles. The van der Waals surface area contributed by atoms with Crippen molar-refractivity contribution in [2.24, 2.45) is 0 Å². The zero-order valence-corrected chi connectivity index (χ0v) is 17.3. The molecular formula is C19H11ClF3NaO4. The first-order chi connectivity index (χ1) is 12.7. The first-order valence-corrected chi connectivity index (χ1v) is 8.09.